The average molecular weight is 232 g/mol. The molecule has 1 aliphatic heterocycles. The van der Waals surface area contributed by atoms with Crippen LogP contribution in [-0.4, -0.2) is 13.1 Å². The van der Waals surface area contributed by atoms with Crippen molar-refractivity contribution in [2.24, 2.45) is 0 Å². The maximum absolute atomic E-state index is 5.81. The topological polar surface area (TPSA) is 29.3 Å². The number of benzene rings is 1. The van der Waals surface area contributed by atoms with Gasteiger partial charge in [0.25, 0.3) is 0 Å². The van der Waals surface area contributed by atoms with E-state index in [1.807, 2.05) is 6.07 Å². The Balaban J connectivity index is 1.81. The fraction of sp³-hybridized carbons (Fsp3) is 0.600. The van der Waals surface area contributed by atoms with Gasteiger partial charge in [-0.1, -0.05) is 32.6 Å². The van der Waals surface area contributed by atoms with Crippen molar-refractivity contribution in [3.05, 3.63) is 23.8 Å². The van der Waals surface area contributed by atoms with Crippen LogP contribution in [0.25, 0.3) is 0 Å². The van der Waals surface area contributed by atoms with Crippen LogP contribution >= 0.6 is 0 Å². The Bertz CT molecular complexity index is 360. The maximum atomic E-state index is 5.81. The average Bonchev–Trinajstić information content (AvgIpc) is 2.71. The summed E-state index contributed by atoms with van der Waals surface area (Å²) in [5.74, 6) is 0. The third-order valence-electron chi connectivity index (χ3n) is 3.63. The largest absolute Gasteiger partial charge is 0.399 e. The minimum atomic E-state index is 0.897. The Morgan fingerprint density at radius 3 is 2.82 bits per heavy atom. The fourth-order valence-electron chi connectivity index (χ4n) is 2.63. The maximum Gasteiger partial charge on any atom is 0.0401 e. The van der Waals surface area contributed by atoms with Crippen LogP contribution in [0.5, 0.6) is 0 Å². The van der Waals surface area contributed by atoms with Gasteiger partial charge in [0.15, 0.2) is 0 Å². The highest BCUT2D eigenvalue weighted by Crippen LogP contribution is 2.29. The molecule has 0 radical (unpaired) electrons. The summed E-state index contributed by atoms with van der Waals surface area (Å²) in [4.78, 5) is 2.51. The molecule has 0 aromatic heterocycles. The molecule has 2 rings (SSSR count). The number of nitrogens with two attached hydrogens (primary N) is 1. The molecule has 0 amide bonds. The Labute approximate surface area is 105 Å². The van der Waals surface area contributed by atoms with Crippen molar-refractivity contribution in [3.8, 4) is 0 Å². The lowest BCUT2D eigenvalue weighted by Crippen LogP contribution is -2.21. The van der Waals surface area contributed by atoms with Crippen LogP contribution in [0.2, 0.25) is 0 Å². The smallest absolute Gasteiger partial charge is 0.0401 e. The minimum Gasteiger partial charge on any atom is -0.399 e. The SMILES string of the molecule is CCCCCCCN1CCc2cc(N)ccc21. The molecule has 0 spiro atoms. The molecule has 17 heavy (non-hydrogen) atoms. The van der Waals surface area contributed by atoms with Gasteiger partial charge in [0, 0.05) is 24.5 Å². The van der Waals surface area contributed by atoms with E-state index in [9.17, 15) is 0 Å². The van der Waals surface area contributed by atoms with E-state index in [4.69, 9.17) is 5.73 Å². The van der Waals surface area contributed by atoms with E-state index in [0.29, 0.717) is 0 Å². The van der Waals surface area contributed by atoms with Gasteiger partial charge < -0.3 is 10.6 Å². The lowest BCUT2D eigenvalue weighted by Gasteiger charge is -2.19. The van der Waals surface area contributed by atoms with Gasteiger partial charge in [-0.05, 0) is 36.6 Å². The number of hydrogen-bond acceptors (Lipinski definition) is 2. The number of anilines is 2. The molecule has 1 aromatic rings. The van der Waals surface area contributed by atoms with Crippen molar-refractivity contribution in [3.63, 3.8) is 0 Å². The van der Waals surface area contributed by atoms with Crippen LogP contribution in [0.3, 0.4) is 0 Å². The number of rotatable bonds is 6. The van der Waals surface area contributed by atoms with E-state index in [2.05, 4.69) is 24.0 Å². The predicted octanol–water partition coefficient (Wildman–Crippen LogP) is 3.60. The summed E-state index contributed by atoms with van der Waals surface area (Å²) in [7, 11) is 0. The molecule has 2 N–H and O–H groups in total. The predicted molar refractivity (Wildman–Crippen MR) is 75.5 cm³/mol. The molecule has 0 fully saturated rings. The van der Waals surface area contributed by atoms with Gasteiger partial charge in [0.1, 0.15) is 0 Å². The van der Waals surface area contributed by atoms with E-state index >= 15 is 0 Å². The highest BCUT2D eigenvalue weighted by Gasteiger charge is 2.17. The van der Waals surface area contributed by atoms with Gasteiger partial charge in [-0.15, -0.1) is 0 Å². The third-order valence-corrected chi connectivity index (χ3v) is 3.63. The molecule has 0 bridgehead atoms. The molecule has 0 aliphatic carbocycles. The summed E-state index contributed by atoms with van der Waals surface area (Å²) in [6, 6.07) is 6.34. The molecule has 2 nitrogen and oxygen atoms in total. The number of hydrogen-bond donors (Lipinski definition) is 1. The number of fused-ring (bicyclic) bond motifs is 1. The summed E-state index contributed by atoms with van der Waals surface area (Å²) in [5, 5.41) is 0. The molecule has 1 aliphatic rings. The Hall–Kier alpha value is -1.18. The van der Waals surface area contributed by atoms with Gasteiger partial charge in [-0.2, -0.15) is 0 Å². The number of nitrogens with zero attached hydrogens (tertiary/aromatic N) is 1. The number of nitrogen functional groups attached to an aromatic ring is 1. The van der Waals surface area contributed by atoms with Crippen LogP contribution in [0.4, 0.5) is 11.4 Å². The highest BCUT2D eigenvalue weighted by molar-refractivity contribution is 5.62. The monoisotopic (exact) mass is 232 g/mol. The lowest BCUT2D eigenvalue weighted by molar-refractivity contribution is 0.623. The molecule has 0 saturated carbocycles. The Kier molecular flexibility index (Phi) is 4.29. The molecular formula is C15H24N2. The summed E-state index contributed by atoms with van der Waals surface area (Å²) < 4.78 is 0. The quantitative estimate of drug-likeness (QED) is 0.600. The molecule has 0 saturated heterocycles. The van der Waals surface area contributed by atoms with Gasteiger partial charge in [0.05, 0.1) is 0 Å². The van der Waals surface area contributed by atoms with Crippen LogP contribution in [0.15, 0.2) is 18.2 Å². The summed E-state index contributed by atoms with van der Waals surface area (Å²) in [5.41, 5.74) is 9.55. The molecule has 0 unspecified atom stereocenters. The van der Waals surface area contributed by atoms with Crippen molar-refractivity contribution < 1.29 is 0 Å². The minimum absolute atomic E-state index is 0.897. The molecule has 2 heteroatoms. The second kappa shape index (κ2) is 5.95. The van der Waals surface area contributed by atoms with Crippen LogP contribution < -0.4 is 10.6 Å². The summed E-state index contributed by atoms with van der Waals surface area (Å²) in [6.45, 7) is 4.65. The van der Waals surface area contributed by atoms with Crippen molar-refractivity contribution >= 4 is 11.4 Å². The standard InChI is InChI=1S/C15H24N2/c1-2-3-4-5-6-10-17-11-9-13-12-14(16)7-8-15(13)17/h7-8,12H,2-6,9-11,16H2,1H3. The van der Waals surface area contributed by atoms with E-state index in [0.717, 1.165) is 12.1 Å². The van der Waals surface area contributed by atoms with E-state index < -0.39 is 0 Å². The van der Waals surface area contributed by atoms with Crippen molar-refractivity contribution in [1.29, 1.82) is 0 Å². The third kappa shape index (κ3) is 3.15. The normalized spacial score (nSPS) is 14.1. The second-order valence-corrected chi connectivity index (χ2v) is 5.04. The highest BCUT2D eigenvalue weighted by atomic mass is 15.1. The zero-order chi connectivity index (χ0) is 12.1. The van der Waals surface area contributed by atoms with E-state index in [-0.39, 0.29) is 0 Å². The van der Waals surface area contributed by atoms with Crippen LogP contribution in [0, 0.1) is 0 Å². The lowest BCUT2D eigenvalue weighted by atomic mass is 10.1. The molecule has 94 valence electrons. The zero-order valence-corrected chi connectivity index (χ0v) is 10.9. The first-order chi connectivity index (χ1) is 8.31. The first-order valence-corrected chi connectivity index (χ1v) is 6.94. The second-order valence-electron chi connectivity index (χ2n) is 5.04. The summed E-state index contributed by atoms with van der Waals surface area (Å²) >= 11 is 0. The van der Waals surface area contributed by atoms with Gasteiger partial charge in [-0.25, -0.2) is 0 Å². The zero-order valence-electron chi connectivity index (χ0n) is 10.9. The molecule has 1 heterocycles. The van der Waals surface area contributed by atoms with Crippen molar-refractivity contribution in [2.45, 2.75) is 45.4 Å². The molecular weight excluding hydrogens is 208 g/mol. The van der Waals surface area contributed by atoms with Crippen molar-refractivity contribution in [2.75, 3.05) is 23.7 Å². The van der Waals surface area contributed by atoms with Gasteiger partial charge >= 0.3 is 0 Å². The molecule has 1 aromatic carbocycles. The van der Waals surface area contributed by atoms with E-state index in [1.165, 1.54) is 56.4 Å². The number of unbranched alkanes of at least 4 members (excludes halogenated alkanes) is 4. The first-order valence-electron chi connectivity index (χ1n) is 6.94. The van der Waals surface area contributed by atoms with Crippen molar-refractivity contribution in [1.82, 2.24) is 0 Å². The Morgan fingerprint density at radius 2 is 2.00 bits per heavy atom. The van der Waals surface area contributed by atoms with Gasteiger partial charge in [0.2, 0.25) is 0 Å². The van der Waals surface area contributed by atoms with E-state index in [1.54, 1.807) is 0 Å². The van der Waals surface area contributed by atoms with Gasteiger partial charge in [-0.3, -0.25) is 0 Å². The Morgan fingerprint density at radius 1 is 1.18 bits per heavy atom. The first kappa shape index (κ1) is 12.3. The fourth-order valence-corrected chi connectivity index (χ4v) is 2.63. The molecule has 0 atom stereocenters. The van der Waals surface area contributed by atoms with Crippen LogP contribution in [-0.2, 0) is 6.42 Å². The summed E-state index contributed by atoms with van der Waals surface area (Å²) in [6.07, 6.45) is 7.95. The van der Waals surface area contributed by atoms with Crippen LogP contribution in [0.1, 0.15) is 44.6 Å².